The SMILES string of the molecule is Cc1ccc(C(C)C)c(N2/C(=N/C(=O)N/C=C(\F)c3ccc(-c4ncn(-c5ccc(OC(F)(F)F)cc5)n4)cc3)SCCC2C)c1. The number of alkyl halides is 3. The maximum absolute atomic E-state index is 15.0. The molecule has 3 aromatic carbocycles. The van der Waals surface area contributed by atoms with Gasteiger partial charge in [0.2, 0.25) is 0 Å². The maximum atomic E-state index is 15.0. The monoisotopic (exact) mass is 652 g/mol. The van der Waals surface area contributed by atoms with E-state index in [2.05, 4.69) is 69.0 Å². The number of thioether (sulfide) groups is 1. The Morgan fingerprint density at radius 2 is 1.83 bits per heavy atom. The van der Waals surface area contributed by atoms with Crippen molar-refractivity contribution < 1.29 is 27.1 Å². The van der Waals surface area contributed by atoms with Gasteiger partial charge in [-0.1, -0.05) is 62.0 Å². The average molecular weight is 653 g/mol. The molecule has 1 aromatic heterocycles. The Morgan fingerprint density at radius 1 is 1.11 bits per heavy atom. The number of anilines is 1. The Bertz CT molecular complexity index is 1750. The van der Waals surface area contributed by atoms with Gasteiger partial charge < -0.3 is 15.0 Å². The number of hydrogen-bond donors (Lipinski definition) is 1. The van der Waals surface area contributed by atoms with Gasteiger partial charge in [0.1, 0.15) is 17.9 Å². The standard InChI is InChI=1S/C33H32F4N6O2S/c1-20(2)27-14-5-21(3)17-29(27)43-22(4)15-16-46-32(43)40-31(44)38-18-28(34)23-6-8-24(9-7-23)30-39-19-42(41-30)25-10-12-26(13-11-25)45-33(35,36)37/h5-14,17-20,22H,15-16H2,1-4H3,(H,38,44)/b28-18-,40-32-. The number of aliphatic imine (C=N–C) groups is 1. The van der Waals surface area contributed by atoms with E-state index in [1.54, 1.807) is 12.1 Å². The molecule has 1 N–H and O–H groups in total. The molecule has 1 aliphatic heterocycles. The molecule has 0 saturated carbocycles. The van der Waals surface area contributed by atoms with E-state index in [1.165, 1.54) is 59.2 Å². The van der Waals surface area contributed by atoms with E-state index in [4.69, 9.17) is 0 Å². The molecule has 2 heterocycles. The zero-order valence-electron chi connectivity index (χ0n) is 25.5. The summed E-state index contributed by atoms with van der Waals surface area (Å²) < 4.78 is 57.6. The minimum Gasteiger partial charge on any atom is -0.406 e. The van der Waals surface area contributed by atoms with Crippen LogP contribution in [0.25, 0.3) is 22.9 Å². The van der Waals surface area contributed by atoms with Crippen LogP contribution in [-0.2, 0) is 0 Å². The van der Waals surface area contributed by atoms with Gasteiger partial charge >= 0.3 is 12.4 Å². The number of nitrogens with one attached hydrogen (secondary N) is 1. The van der Waals surface area contributed by atoms with Crippen molar-refractivity contribution in [1.82, 2.24) is 20.1 Å². The molecule has 0 bridgehead atoms. The van der Waals surface area contributed by atoms with Gasteiger partial charge in [-0.25, -0.2) is 18.9 Å². The number of halogens is 4. The van der Waals surface area contributed by atoms with E-state index in [1.807, 2.05) is 6.92 Å². The van der Waals surface area contributed by atoms with Crippen LogP contribution in [0.15, 0.2) is 84.2 Å². The summed E-state index contributed by atoms with van der Waals surface area (Å²) in [5.41, 5.74) is 4.58. The predicted molar refractivity (Wildman–Crippen MR) is 173 cm³/mol. The van der Waals surface area contributed by atoms with Crippen molar-refractivity contribution in [3.05, 3.63) is 95.9 Å². The van der Waals surface area contributed by atoms with Crippen LogP contribution in [0.5, 0.6) is 5.75 Å². The fourth-order valence-corrected chi connectivity index (χ4v) is 6.12. The molecule has 1 unspecified atom stereocenters. The first-order valence-corrected chi connectivity index (χ1v) is 15.5. The average Bonchev–Trinajstić information content (AvgIpc) is 3.50. The minimum absolute atomic E-state index is 0.136. The summed E-state index contributed by atoms with van der Waals surface area (Å²) in [4.78, 5) is 23.5. The first-order valence-electron chi connectivity index (χ1n) is 14.5. The highest BCUT2D eigenvalue weighted by Gasteiger charge is 2.31. The maximum Gasteiger partial charge on any atom is 0.573 e. The van der Waals surface area contributed by atoms with E-state index in [9.17, 15) is 18.0 Å². The number of carbonyl (C=O) groups excluding carboxylic acids is 1. The predicted octanol–water partition coefficient (Wildman–Crippen LogP) is 8.63. The van der Waals surface area contributed by atoms with Gasteiger partial charge in [0, 0.05) is 34.8 Å². The lowest BCUT2D eigenvalue weighted by Crippen LogP contribution is -2.42. The minimum atomic E-state index is -4.78. The lowest BCUT2D eigenvalue weighted by molar-refractivity contribution is -0.274. The molecule has 46 heavy (non-hydrogen) atoms. The number of aromatic nitrogens is 3. The summed E-state index contributed by atoms with van der Waals surface area (Å²) in [7, 11) is 0. The highest BCUT2D eigenvalue weighted by atomic mass is 32.2. The molecule has 13 heteroatoms. The lowest BCUT2D eigenvalue weighted by atomic mass is 9.98. The Hall–Kier alpha value is -4.65. The summed E-state index contributed by atoms with van der Waals surface area (Å²) >= 11 is 1.50. The first-order chi connectivity index (χ1) is 21.9. The Morgan fingerprint density at radius 3 is 2.50 bits per heavy atom. The molecule has 0 spiro atoms. The van der Waals surface area contributed by atoms with Crippen molar-refractivity contribution in [2.24, 2.45) is 4.99 Å². The Balaban J connectivity index is 1.26. The van der Waals surface area contributed by atoms with Crippen LogP contribution in [0.1, 0.15) is 49.8 Å². The van der Waals surface area contributed by atoms with Gasteiger partial charge in [-0.2, -0.15) is 4.99 Å². The third kappa shape index (κ3) is 7.94. The second kappa shape index (κ2) is 13.8. The fraction of sp³-hybridized carbons (Fsp3) is 0.273. The molecule has 2 amide bonds. The normalized spacial score (nSPS) is 16.6. The number of aryl methyl sites for hydroxylation is 1. The molecule has 1 aliphatic rings. The van der Waals surface area contributed by atoms with E-state index in [0.29, 0.717) is 22.2 Å². The van der Waals surface area contributed by atoms with Crippen LogP contribution >= 0.6 is 11.8 Å². The zero-order valence-corrected chi connectivity index (χ0v) is 26.4. The number of benzene rings is 3. The van der Waals surface area contributed by atoms with Crippen LogP contribution in [0.3, 0.4) is 0 Å². The number of ether oxygens (including phenoxy) is 1. The number of amidine groups is 1. The zero-order chi connectivity index (χ0) is 33.0. The molecule has 1 atom stereocenters. The van der Waals surface area contributed by atoms with E-state index in [0.717, 1.165) is 35.2 Å². The third-order valence-electron chi connectivity index (χ3n) is 7.25. The largest absolute Gasteiger partial charge is 0.573 e. The highest BCUT2D eigenvalue weighted by molar-refractivity contribution is 8.14. The molecule has 240 valence electrons. The number of hydrogen-bond acceptors (Lipinski definition) is 5. The summed E-state index contributed by atoms with van der Waals surface area (Å²) in [5, 5.41) is 7.37. The molecule has 0 aliphatic carbocycles. The topological polar surface area (TPSA) is 84.6 Å². The lowest BCUT2D eigenvalue weighted by Gasteiger charge is -2.37. The summed E-state index contributed by atoms with van der Waals surface area (Å²) in [5.74, 6) is 0.412. The van der Waals surface area contributed by atoms with Crippen LogP contribution in [0, 0.1) is 6.92 Å². The van der Waals surface area contributed by atoms with Gasteiger partial charge in [-0.15, -0.1) is 18.3 Å². The Labute approximate surface area is 268 Å². The molecule has 5 rings (SSSR count). The third-order valence-corrected chi connectivity index (χ3v) is 8.23. The van der Waals surface area contributed by atoms with Crippen molar-refractivity contribution in [2.75, 3.05) is 10.7 Å². The second-order valence-corrected chi connectivity index (χ2v) is 12.1. The molecule has 4 aromatic rings. The molecular formula is C33H32F4N6O2S. The van der Waals surface area contributed by atoms with E-state index in [-0.39, 0.29) is 23.3 Å². The van der Waals surface area contributed by atoms with Crippen LogP contribution in [-0.4, -0.2) is 44.1 Å². The Kier molecular flexibility index (Phi) is 9.80. The quantitative estimate of drug-likeness (QED) is 0.201. The van der Waals surface area contributed by atoms with Crippen molar-refractivity contribution >= 4 is 34.5 Å². The smallest absolute Gasteiger partial charge is 0.406 e. The van der Waals surface area contributed by atoms with Crippen LogP contribution in [0.2, 0.25) is 0 Å². The van der Waals surface area contributed by atoms with E-state index >= 15 is 4.39 Å². The van der Waals surface area contributed by atoms with Gasteiger partial charge in [0.05, 0.1) is 5.69 Å². The van der Waals surface area contributed by atoms with Crippen LogP contribution in [0.4, 0.5) is 28.0 Å². The van der Waals surface area contributed by atoms with Gasteiger partial charge in [-0.05, 0) is 67.6 Å². The molecule has 1 saturated heterocycles. The van der Waals surface area contributed by atoms with Crippen LogP contribution < -0.4 is 15.0 Å². The summed E-state index contributed by atoms with van der Waals surface area (Å²) in [6.45, 7) is 8.40. The highest BCUT2D eigenvalue weighted by Crippen LogP contribution is 2.35. The number of rotatable bonds is 7. The number of amides is 2. The molecule has 1 fully saturated rings. The molecule has 8 nitrogen and oxygen atoms in total. The van der Waals surface area contributed by atoms with E-state index < -0.39 is 18.2 Å². The fourth-order valence-electron chi connectivity index (χ4n) is 4.91. The van der Waals surface area contributed by atoms with Crippen molar-refractivity contribution in [3.63, 3.8) is 0 Å². The van der Waals surface area contributed by atoms with Gasteiger partial charge in [0.25, 0.3) is 0 Å². The van der Waals surface area contributed by atoms with Crippen molar-refractivity contribution in [2.45, 2.75) is 52.4 Å². The van der Waals surface area contributed by atoms with Crippen molar-refractivity contribution in [1.29, 1.82) is 0 Å². The van der Waals surface area contributed by atoms with Gasteiger partial charge in [-0.3, -0.25) is 0 Å². The van der Waals surface area contributed by atoms with Crippen molar-refractivity contribution in [3.8, 4) is 22.8 Å². The first kappa shape index (κ1) is 32.7. The summed E-state index contributed by atoms with van der Waals surface area (Å²) in [6.07, 6.45) is -1.45. The number of urea groups is 1. The second-order valence-electron chi connectivity index (χ2n) is 11.0. The molecular weight excluding hydrogens is 620 g/mol. The summed E-state index contributed by atoms with van der Waals surface area (Å²) in [6, 6.07) is 17.2. The molecule has 0 radical (unpaired) electrons. The number of nitrogens with zero attached hydrogens (tertiary/aromatic N) is 5. The number of carbonyl (C=O) groups is 1. The van der Waals surface area contributed by atoms with Gasteiger partial charge in [0.15, 0.2) is 11.0 Å².